The van der Waals surface area contributed by atoms with E-state index in [1.165, 1.54) is 148 Å². The van der Waals surface area contributed by atoms with Gasteiger partial charge in [0.25, 0.3) is 0 Å². The van der Waals surface area contributed by atoms with Gasteiger partial charge in [-0.15, -0.1) is 0 Å². The van der Waals surface area contributed by atoms with E-state index in [9.17, 15) is 19.4 Å². The van der Waals surface area contributed by atoms with Crippen molar-refractivity contribution in [3.05, 3.63) is 109 Å². The predicted molar refractivity (Wildman–Crippen MR) is 332 cm³/mol. The van der Waals surface area contributed by atoms with E-state index in [-0.39, 0.29) is 19.1 Å². The average Bonchev–Trinajstić information content (AvgIpc) is 3.38. The Morgan fingerprint density at radius 3 is 1.21 bits per heavy atom. The summed E-state index contributed by atoms with van der Waals surface area (Å²) >= 11 is 0. The molecular formula is C67H120N2O6P+. The molecule has 0 aliphatic carbocycles. The molecule has 0 aliphatic heterocycles. The number of phosphoric acid groups is 1. The molecule has 9 heteroatoms. The third-order valence-electron chi connectivity index (χ3n) is 13.5. The summed E-state index contributed by atoms with van der Waals surface area (Å²) in [5.41, 5.74) is 0. The minimum Gasteiger partial charge on any atom is -0.387 e. The lowest BCUT2D eigenvalue weighted by molar-refractivity contribution is -0.870. The highest BCUT2D eigenvalue weighted by Crippen LogP contribution is 2.43. The summed E-state index contributed by atoms with van der Waals surface area (Å²) < 4.78 is 23.7. The molecule has 3 unspecified atom stereocenters. The van der Waals surface area contributed by atoms with Gasteiger partial charge in [-0.2, -0.15) is 0 Å². The summed E-state index contributed by atoms with van der Waals surface area (Å²) in [6.07, 6.45) is 83.5. The number of likely N-dealkylation sites (N-methyl/N-ethyl adjacent to an activating group) is 1. The first kappa shape index (κ1) is 73.2. The Hall–Kier alpha value is -2.84. The maximum Gasteiger partial charge on any atom is 0.472 e. The quantitative estimate of drug-likeness (QED) is 0.0243. The first-order chi connectivity index (χ1) is 37.0. The lowest BCUT2D eigenvalue weighted by Gasteiger charge is -2.25. The maximum atomic E-state index is 13.0. The molecule has 0 spiro atoms. The molecular weight excluding hydrogens is 960 g/mol. The summed E-state index contributed by atoms with van der Waals surface area (Å²) in [4.78, 5) is 23.4. The largest absolute Gasteiger partial charge is 0.472 e. The van der Waals surface area contributed by atoms with Gasteiger partial charge in [0.05, 0.1) is 39.9 Å². The van der Waals surface area contributed by atoms with E-state index in [2.05, 4.69) is 116 Å². The molecule has 8 nitrogen and oxygen atoms in total. The van der Waals surface area contributed by atoms with Crippen LogP contribution in [0.25, 0.3) is 0 Å². The van der Waals surface area contributed by atoms with Crippen LogP contribution in [0, 0.1) is 0 Å². The molecule has 0 saturated carbocycles. The molecule has 0 heterocycles. The normalized spacial score (nSPS) is 14.6. The van der Waals surface area contributed by atoms with Crippen LogP contribution in [0.5, 0.6) is 0 Å². The second kappa shape index (κ2) is 56.9. The fourth-order valence-corrected chi connectivity index (χ4v) is 9.34. The molecule has 76 heavy (non-hydrogen) atoms. The fourth-order valence-electron chi connectivity index (χ4n) is 8.61. The number of aliphatic hydroxyl groups is 1. The van der Waals surface area contributed by atoms with Crippen molar-refractivity contribution in [3.63, 3.8) is 0 Å². The predicted octanol–water partition coefficient (Wildman–Crippen LogP) is 19.5. The van der Waals surface area contributed by atoms with Crippen molar-refractivity contribution in [2.24, 2.45) is 0 Å². The van der Waals surface area contributed by atoms with Crippen molar-refractivity contribution in [1.29, 1.82) is 0 Å². The van der Waals surface area contributed by atoms with E-state index in [0.717, 1.165) is 89.9 Å². The number of nitrogens with zero attached hydrogens (tertiary/aromatic N) is 1. The van der Waals surface area contributed by atoms with Gasteiger partial charge < -0.3 is 19.8 Å². The van der Waals surface area contributed by atoms with Gasteiger partial charge in [0, 0.05) is 6.42 Å². The number of hydrogen-bond donors (Lipinski definition) is 3. The monoisotopic (exact) mass is 1080 g/mol. The van der Waals surface area contributed by atoms with E-state index < -0.39 is 20.0 Å². The standard InChI is InChI=1S/C67H119N2O6P/c1-6-8-10-12-14-16-18-20-22-24-26-28-30-32-33-34-35-37-39-41-43-45-47-49-51-53-55-57-59-61-67(71)68-65(64-75-76(72,73)74-63-62-69(3,4)5)66(70)60-58-56-54-52-50-48-46-44-42-40-38-36-31-29-27-25-23-21-19-17-15-13-11-9-7-2/h8,10,14,16,20,22,26,28,32-33,35,37,42,44,50,52,58,60,65-66,70H,6-7,9,11-13,15,17-19,21,23-25,27,29-31,34,36,38-41,43,45-49,51,53-57,59,61-64H2,1-5H3,(H-,68,71,72,73)/p+1/b10-8-,16-14-,22-20-,28-26-,33-32-,37-35-,44-42+,52-50+,60-58+. The molecule has 0 rings (SSSR count). The highest BCUT2D eigenvalue weighted by molar-refractivity contribution is 7.47. The minimum absolute atomic E-state index is 0.0475. The molecule has 0 radical (unpaired) electrons. The number of rotatable bonds is 56. The minimum atomic E-state index is -4.37. The number of aliphatic hydroxyl groups excluding tert-OH is 1. The van der Waals surface area contributed by atoms with Crippen molar-refractivity contribution in [1.82, 2.24) is 5.32 Å². The number of quaternary nitrogens is 1. The third-order valence-corrected chi connectivity index (χ3v) is 14.4. The van der Waals surface area contributed by atoms with Gasteiger partial charge in [0.1, 0.15) is 13.2 Å². The van der Waals surface area contributed by atoms with Gasteiger partial charge in [0.2, 0.25) is 5.91 Å². The number of amides is 1. The van der Waals surface area contributed by atoms with E-state index in [1.807, 2.05) is 27.2 Å². The van der Waals surface area contributed by atoms with Crippen molar-refractivity contribution >= 4 is 13.7 Å². The highest BCUT2D eigenvalue weighted by Gasteiger charge is 2.27. The van der Waals surface area contributed by atoms with Gasteiger partial charge in [0.15, 0.2) is 0 Å². The van der Waals surface area contributed by atoms with Crippen LogP contribution in [0.4, 0.5) is 0 Å². The zero-order valence-electron chi connectivity index (χ0n) is 50.0. The van der Waals surface area contributed by atoms with Crippen molar-refractivity contribution in [2.45, 2.75) is 270 Å². The topological polar surface area (TPSA) is 105 Å². The van der Waals surface area contributed by atoms with Gasteiger partial charge >= 0.3 is 7.82 Å². The third kappa shape index (κ3) is 58.8. The maximum absolute atomic E-state index is 13.0. The first-order valence-electron chi connectivity index (χ1n) is 31.3. The van der Waals surface area contributed by atoms with Gasteiger partial charge in [-0.25, -0.2) is 4.57 Å². The summed E-state index contributed by atoms with van der Waals surface area (Å²) in [5, 5.41) is 13.9. The number of phosphoric ester groups is 1. The van der Waals surface area contributed by atoms with E-state index in [0.29, 0.717) is 17.4 Å². The number of hydrogen-bond acceptors (Lipinski definition) is 5. The molecule has 0 fully saturated rings. The Kier molecular flexibility index (Phi) is 54.7. The summed E-state index contributed by atoms with van der Waals surface area (Å²) in [5.74, 6) is -0.199. The number of carbonyl (C=O) groups is 1. The fraction of sp³-hybridized carbons (Fsp3) is 0.716. The van der Waals surface area contributed by atoms with Crippen LogP contribution in [0.1, 0.15) is 258 Å². The zero-order chi connectivity index (χ0) is 55.6. The molecule has 0 aromatic rings. The molecule has 0 bridgehead atoms. The summed E-state index contributed by atoms with van der Waals surface area (Å²) in [6, 6.07) is -0.881. The summed E-state index contributed by atoms with van der Waals surface area (Å²) in [7, 11) is 1.53. The Bertz CT molecular complexity index is 1600. The lowest BCUT2D eigenvalue weighted by atomic mass is 10.0. The average molecular weight is 1080 g/mol. The zero-order valence-corrected chi connectivity index (χ0v) is 50.9. The Morgan fingerprint density at radius 2 is 0.803 bits per heavy atom. The van der Waals surface area contributed by atoms with Crippen LogP contribution >= 0.6 is 7.82 Å². The molecule has 0 aliphatic rings. The van der Waals surface area contributed by atoms with E-state index >= 15 is 0 Å². The van der Waals surface area contributed by atoms with Crippen LogP contribution in [0.15, 0.2) is 109 Å². The lowest BCUT2D eigenvalue weighted by Crippen LogP contribution is -2.45. The number of carbonyl (C=O) groups excluding carboxylic acids is 1. The van der Waals surface area contributed by atoms with Gasteiger partial charge in [-0.3, -0.25) is 13.8 Å². The number of nitrogens with one attached hydrogen (secondary N) is 1. The van der Waals surface area contributed by atoms with Crippen LogP contribution in [-0.4, -0.2) is 73.4 Å². The van der Waals surface area contributed by atoms with Crippen molar-refractivity contribution in [3.8, 4) is 0 Å². The van der Waals surface area contributed by atoms with Crippen molar-refractivity contribution in [2.75, 3.05) is 40.9 Å². The van der Waals surface area contributed by atoms with Crippen LogP contribution in [-0.2, 0) is 18.4 Å². The molecule has 3 N–H and O–H groups in total. The molecule has 438 valence electrons. The van der Waals surface area contributed by atoms with Crippen LogP contribution < -0.4 is 5.32 Å². The molecule has 3 atom stereocenters. The first-order valence-corrected chi connectivity index (χ1v) is 32.8. The molecule has 1 amide bonds. The Morgan fingerprint density at radius 1 is 0.461 bits per heavy atom. The Balaban J connectivity index is 4.26. The molecule has 0 saturated heterocycles. The highest BCUT2D eigenvalue weighted by atomic mass is 31.2. The number of unbranched alkanes of at least 4 members (excludes halogenated alkanes) is 27. The van der Waals surface area contributed by atoms with Crippen LogP contribution in [0.3, 0.4) is 0 Å². The second-order valence-corrected chi connectivity index (χ2v) is 23.5. The second-order valence-electron chi connectivity index (χ2n) is 22.0. The number of allylic oxidation sites excluding steroid dienone is 17. The van der Waals surface area contributed by atoms with Gasteiger partial charge in [-0.05, 0) is 96.3 Å². The smallest absolute Gasteiger partial charge is 0.387 e. The van der Waals surface area contributed by atoms with E-state index in [4.69, 9.17) is 9.05 Å². The van der Waals surface area contributed by atoms with E-state index in [1.54, 1.807) is 6.08 Å². The SMILES string of the molecule is CC/C=C\C/C=C\C/C=C\C/C=C\C/C=C\C/C=C\CCCCCCCCCCCCC(=O)NC(COP(=O)(O)OCC[N+](C)(C)C)C(O)/C=C/CC/C=C/CC/C=C/CCCCCCCCCCCCCCCCC. The molecule has 0 aromatic heterocycles. The molecule has 0 aromatic carbocycles. The Labute approximate surface area is 470 Å². The van der Waals surface area contributed by atoms with Gasteiger partial charge in [-0.1, -0.05) is 264 Å². The van der Waals surface area contributed by atoms with Crippen LogP contribution in [0.2, 0.25) is 0 Å². The van der Waals surface area contributed by atoms with Crippen molar-refractivity contribution < 1.29 is 32.9 Å². The summed E-state index contributed by atoms with van der Waals surface area (Å²) in [6.45, 7) is 4.68.